The van der Waals surface area contributed by atoms with Crippen LogP contribution in [0.1, 0.15) is 19.4 Å². The number of anilines is 1. The van der Waals surface area contributed by atoms with E-state index in [2.05, 4.69) is 48.3 Å². The maximum atomic E-state index is 5.81. The van der Waals surface area contributed by atoms with Crippen LogP contribution < -0.4 is 5.32 Å². The van der Waals surface area contributed by atoms with E-state index in [0.717, 1.165) is 26.1 Å². The number of nitrogens with one attached hydrogen (secondary N) is 1. The van der Waals surface area contributed by atoms with Crippen LogP contribution in [0.5, 0.6) is 0 Å². The van der Waals surface area contributed by atoms with Crippen LogP contribution in [0.3, 0.4) is 0 Å². The van der Waals surface area contributed by atoms with E-state index in [1.807, 2.05) is 0 Å². The molecule has 0 spiro atoms. The quantitative estimate of drug-likeness (QED) is 0.821. The highest BCUT2D eigenvalue weighted by Gasteiger charge is 2.30. The van der Waals surface area contributed by atoms with Crippen LogP contribution in [0, 0.1) is 0 Å². The predicted molar refractivity (Wildman–Crippen MR) is 74.0 cm³/mol. The van der Waals surface area contributed by atoms with Gasteiger partial charge in [-0.05, 0) is 31.9 Å². The van der Waals surface area contributed by atoms with Crippen LogP contribution in [0.15, 0.2) is 24.3 Å². The van der Waals surface area contributed by atoms with Crippen molar-refractivity contribution in [2.24, 2.45) is 0 Å². The third-order valence-corrected chi connectivity index (χ3v) is 3.97. The van der Waals surface area contributed by atoms with Gasteiger partial charge in [-0.3, -0.25) is 4.90 Å². The zero-order chi connectivity index (χ0) is 12.5. The van der Waals surface area contributed by atoms with Crippen molar-refractivity contribution in [3.8, 4) is 0 Å². The minimum atomic E-state index is 0.353. The summed E-state index contributed by atoms with van der Waals surface area (Å²) in [6, 6.07) is 9.25. The second-order valence-corrected chi connectivity index (χ2v) is 5.61. The molecule has 1 aromatic carbocycles. The van der Waals surface area contributed by atoms with Crippen molar-refractivity contribution in [3.63, 3.8) is 0 Å². The first-order valence-electron chi connectivity index (χ1n) is 6.93. The predicted octanol–water partition coefficient (Wildman–Crippen LogP) is 2.13. The van der Waals surface area contributed by atoms with Crippen molar-refractivity contribution in [1.82, 2.24) is 4.90 Å². The number of benzene rings is 1. The maximum absolute atomic E-state index is 5.81. The number of hydrogen-bond acceptors (Lipinski definition) is 3. The average Bonchev–Trinajstić information content (AvgIpc) is 2.37. The third-order valence-electron chi connectivity index (χ3n) is 3.97. The first-order chi connectivity index (χ1) is 8.72. The molecule has 0 radical (unpaired) electrons. The maximum Gasteiger partial charge on any atom is 0.0678 e. The van der Waals surface area contributed by atoms with E-state index in [9.17, 15) is 0 Å². The van der Waals surface area contributed by atoms with Crippen molar-refractivity contribution in [2.75, 3.05) is 25.0 Å². The minimum Gasteiger partial charge on any atom is -0.383 e. The number of nitrogens with zero attached hydrogens (tertiary/aromatic N) is 1. The average molecular weight is 246 g/mol. The molecular formula is C15H22N2O. The molecule has 2 aliphatic heterocycles. The number of rotatable bonds is 1. The van der Waals surface area contributed by atoms with Gasteiger partial charge in [0.25, 0.3) is 0 Å². The lowest BCUT2D eigenvalue weighted by Gasteiger charge is -2.42. The second-order valence-electron chi connectivity index (χ2n) is 5.61. The van der Waals surface area contributed by atoms with Crippen LogP contribution in [0.2, 0.25) is 0 Å². The molecule has 0 aliphatic carbocycles. The number of hydrogen-bond donors (Lipinski definition) is 1. The van der Waals surface area contributed by atoms with Crippen molar-refractivity contribution >= 4 is 5.69 Å². The highest BCUT2D eigenvalue weighted by molar-refractivity contribution is 5.53. The minimum absolute atomic E-state index is 0.353. The van der Waals surface area contributed by atoms with Crippen molar-refractivity contribution in [3.05, 3.63) is 29.8 Å². The van der Waals surface area contributed by atoms with Gasteiger partial charge in [-0.2, -0.15) is 0 Å². The Morgan fingerprint density at radius 2 is 1.89 bits per heavy atom. The van der Waals surface area contributed by atoms with Crippen LogP contribution in [0.25, 0.3) is 0 Å². The Hall–Kier alpha value is -1.06. The third kappa shape index (κ3) is 2.38. The molecule has 0 amide bonds. The van der Waals surface area contributed by atoms with E-state index in [0.29, 0.717) is 18.2 Å². The summed E-state index contributed by atoms with van der Waals surface area (Å²) < 4.78 is 5.81. The van der Waals surface area contributed by atoms with Gasteiger partial charge in [0.2, 0.25) is 0 Å². The topological polar surface area (TPSA) is 24.5 Å². The van der Waals surface area contributed by atoms with E-state index in [1.165, 1.54) is 11.3 Å². The smallest absolute Gasteiger partial charge is 0.0678 e. The molecule has 98 valence electrons. The lowest BCUT2D eigenvalue weighted by atomic mass is 9.97. The largest absolute Gasteiger partial charge is 0.383 e. The number of fused-ring (bicyclic) bond motifs is 1. The summed E-state index contributed by atoms with van der Waals surface area (Å²) in [6.07, 6.45) is 1.86. The van der Waals surface area contributed by atoms with Crippen LogP contribution in [-0.2, 0) is 11.2 Å². The van der Waals surface area contributed by atoms with E-state index in [-0.39, 0.29) is 0 Å². The second kappa shape index (κ2) is 4.90. The van der Waals surface area contributed by atoms with Crippen molar-refractivity contribution in [1.29, 1.82) is 0 Å². The molecule has 3 atom stereocenters. The summed E-state index contributed by atoms with van der Waals surface area (Å²) in [6.45, 7) is 7.51. The molecule has 0 saturated carbocycles. The Morgan fingerprint density at radius 3 is 2.67 bits per heavy atom. The molecule has 0 aromatic heterocycles. The standard InChI is InChI=1S/C15H22N2O/c1-11-9-17(10-12(2)18-11)14-7-13-5-3-4-6-15(13)16-8-14/h3-6,11-12,14,16H,7-10H2,1-2H3/t11-,12+,14?. The van der Waals surface area contributed by atoms with Crippen molar-refractivity contribution < 1.29 is 4.74 Å². The first kappa shape index (κ1) is 12.0. The van der Waals surface area contributed by atoms with E-state index in [1.54, 1.807) is 0 Å². The fraction of sp³-hybridized carbons (Fsp3) is 0.600. The van der Waals surface area contributed by atoms with Gasteiger partial charge >= 0.3 is 0 Å². The molecule has 3 nitrogen and oxygen atoms in total. The van der Waals surface area contributed by atoms with E-state index >= 15 is 0 Å². The molecule has 1 unspecified atom stereocenters. The molecule has 1 fully saturated rings. The molecule has 2 heterocycles. The zero-order valence-electron chi connectivity index (χ0n) is 11.2. The Balaban J connectivity index is 1.72. The van der Waals surface area contributed by atoms with Gasteiger partial charge in [-0.1, -0.05) is 18.2 Å². The molecule has 0 bridgehead atoms. The Labute approximate surface area is 109 Å². The lowest BCUT2D eigenvalue weighted by molar-refractivity contribution is -0.0791. The van der Waals surface area contributed by atoms with Gasteiger partial charge in [-0.15, -0.1) is 0 Å². The molecule has 1 saturated heterocycles. The fourth-order valence-electron chi connectivity index (χ4n) is 3.20. The zero-order valence-corrected chi connectivity index (χ0v) is 11.2. The molecule has 1 aromatic rings. The molecule has 3 heteroatoms. The summed E-state index contributed by atoms with van der Waals surface area (Å²) in [4.78, 5) is 2.59. The van der Waals surface area contributed by atoms with E-state index in [4.69, 9.17) is 4.74 Å². The Kier molecular flexibility index (Phi) is 3.27. The summed E-state index contributed by atoms with van der Waals surface area (Å²) in [5, 5.41) is 3.56. The van der Waals surface area contributed by atoms with Crippen LogP contribution >= 0.6 is 0 Å². The normalized spacial score (nSPS) is 32.7. The van der Waals surface area contributed by atoms with Gasteiger partial charge < -0.3 is 10.1 Å². The SMILES string of the molecule is C[C@@H]1CN(C2CNc3ccccc3C2)C[C@H](C)O1. The van der Waals surface area contributed by atoms with Crippen LogP contribution in [-0.4, -0.2) is 42.8 Å². The summed E-state index contributed by atoms with van der Waals surface area (Å²) in [5.41, 5.74) is 2.75. The monoisotopic (exact) mass is 246 g/mol. The summed E-state index contributed by atoms with van der Waals surface area (Å²) >= 11 is 0. The molecule has 18 heavy (non-hydrogen) atoms. The fourth-order valence-corrected chi connectivity index (χ4v) is 3.20. The van der Waals surface area contributed by atoms with Gasteiger partial charge in [0.05, 0.1) is 12.2 Å². The Morgan fingerprint density at radius 1 is 1.17 bits per heavy atom. The first-order valence-corrected chi connectivity index (χ1v) is 6.93. The van der Waals surface area contributed by atoms with Gasteiger partial charge in [0, 0.05) is 31.4 Å². The van der Waals surface area contributed by atoms with Crippen molar-refractivity contribution in [2.45, 2.75) is 38.5 Å². The highest BCUT2D eigenvalue weighted by Crippen LogP contribution is 2.25. The van der Waals surface area contributed by atoms with E-state index < -0.39 is 0 Å². The molecule has 3 rings (SSSR count). The van der Waals surface area contributed by atoms with Gasteiger partial charge in [-0.25, -0.2) is 0 Å². The number of para-hydroxylation sites is 1. The molecular weight excluding hydrogens is 224 g/mol. The van der Waals surface area contributed by atoms with Gasteiger partial charge in [0.1, 0.15) is 0 Å². The number of morpholine rings is 1. The molecule has 1 N–H and O–H groups in total. The molecule has 2 aliphatic rings. The lowest BCUT2D eigenvalue weighted by Crippen LogP contribution is -2.53. The van der Waals surface area contributed by atoms with Crippen LogP contribution in [0.4, 0.5) is 5.69 Å². The number of ether oxygens (including phenoxy) is 1. The summed E-state index contributed by atoms with van der Waals surface area (Å²) in [5.74, 6) is 0. The highest BCUT2D eigenvalue weighted by atomic mass is 16.5. The van der Waals surface area contributed by atoms with Gasteiger partial charge in [0.15, 0.2) is 0 Å². The Bertz CT molecular complexity index is 411. The summed E-state index contributed by atoms with van der Waals surface area (Å²) in [7, 11) is 0.